The van der Waals surface area contributed by atoms with E-state index in [1.165, 1.54) is 44.5 Å². The Balaban J connectivity index is 1.32. The van der Waals surface area contributed by atoms with E-state index < -0.39 is 23.8 Å². The molecule has 244 valence electrons. The molecule has 3 aliphatic rings. The van der Waals surface area contributed by atoms with Crippen molar-refractivity contribution in [1.82, 2.24) is 0 Å². The molecule has 1 saturated heterocycles. The number of benzene rings is 5. The van der Waals surface area contributed by atoms with Gasteiger partial charge in [0.15, 0.2) is 0 Å². The van der Waals surface area contributed by atoms with Crippen molar-refractivity contribution in [3.05, 3.63) is 162 Å². The first kappa shape index (κ1) is 31.6. The van der Waals surface area contributed by atoms with Crippen LogP contribution in [0.2, 0.25) is 0 Å². The highest BCUT2D eigenvalue weighted by Gasteiger charge is 2.61. The number of allylic oxidation sites excluding steroid dienone is 2. The smallest absolute Gasteiger partial charge is 0.401 e. The SMILES string of the molecule is CC1(C)c2ccccc2-c2ccc(N(c3ccc(-c4ccccc4)cc3)C3(B4OC(C)(C)C(C)(C)O4)C=CC(c4ccccc4)=CC3)cc21. The van der Waals surface area contributed by atoms with E-state index in [0.29, 0.717) is 6.42 Å². The summed E-state index contributed by atoms with van der Waals surface area (Å²) in [6, 6.07) is 46.1. The summed E-state index contributed by atoms with van der Waals surface area (Å²) in [5, 5.41) is 0. The highest BCUT2D eigenvalue weighted by molar-refractivity contribution is 6.52. The highest BCUT2D eigenvalue weighted by Crippen LogP contribution is 2.53. The van der Waals surface area contributed by atoms with Gasteiger partial charge in [-0.1, -0.05) is 135 Å². The number of hydrogen-bond donors (Lipinski definition) is 0. The summed E-state index contributed by atoms with van der Waals surface area (Å²) < 4.78 is 14.0. The van der Waals surface area contributed by atoms with Crippen molar-refractivity contribution in [3.8, 4) is 22.3 Å². The third-order valence-electron chi connectivity index (χ3n) is 11.4. The van der Waals surface area contributed by atoms with Crippen LogP contribution in [0.5, 0.6) is 0 Å². The Kier molecular flexibility index (Phi) is 7.40. The lowest BCUT2D eigenvalue weighted by Gasteiger charge is -2.46. The molecule has 3 nitrogen and oxygen atoms in total. The molecule has 49 heavy (non-hydrogen) atoms. The van der Waals surface area contributed by atoms with Gasteiger partial charge in [-0.25, -0.2) is 0 Å². The van der Waals surface area contributed by atoms with Crippen LogP contribution in [0.4, 0.5) is 11.4 Å². The predicted octanol–water partition coefficient (Wildman–Crippen LogP) is 11.2. The third kappa shape index (κ3) is 5.12. The Bertz CT molecular complexity index is 2060. The van der Waals surface area contributed by atoms with E-state index >= 15 is 0 Å². The van der Waals surface area contributed by atoms with Gasteiger partial charge in [-0.3, -0.25) is 0 Å². The molecule has 5 aromatic rings. The molecule has 1 fully saturated rings. The molecule has 1 aliphatic heterocycles. The molecule has 5 aromatic carbocycles. The first-order chi connectivity index (χ1) is 23.5. The summed E-state index contributed by atoms with van der Waals surface area (Å²) in [4.78, 5) is 2.48. The highest BCUT2D eigenvalue weighted by atomic mass is 16.7. The maximum absolute atomic E-state index is 7.00. The average Bonchev–Trinajstić information content (AvgIpc) is 3.49. The first-order valence-electron chi connectivity index (χ1n) is 17.5. The Morgan fingerprint density at radius 3 is 1.73 bits per heavy atom. The Hall–Kier alpha value is -4.64. The molecular formula is C45H44BNO2. The van der Waals surface area contributed by atoms with Crippen LogP contribution in [0, 0.1) is 0 Å². The van der Waals surface area contributed by atoms with Crippen molar-refractivity contribution in [2.24, 2.45) is 0 Å². The van der Waals surface area contributed by atoms with Gasteiger partial charge in [0.2, 0.25) is 0 Å². The van der Waals surface area contributed by atoms with Gasteiger partial charge in [0.05, 0.1) is 11.2 Å². The van der Waals surface area contributed by atoms with E-state index in [0.717, 1.165) is 11.4 Å². The third-order valence-corrected chi connectivity index (χ3v) is 11.4. The van der Waals surface area contributed by atoms with Gasteiger partial charge in [0.1, 0.15) is 5.44 Å². The second-order valence-corrected chi connectivity index (χ2v) is 15.3. The lowest BCUT2D eigenvalue weighted by molar-refractivity contribution is 0.00578. The van der Waals surface area contributed by atoms with Crippen molar-refractivity contribution < 1.29 is 9.31 Å². The van der Waals surface area contributed by atoms with E-state index in [9.17, 15) is 0 Å². The molecule has 1 unspecified atom stereocenters. The number of nitrogens with zero attached hydrogens (tertiary/aromatic N) is 1. The van der Waals surface area contributed by atoms with Crippen molar-refractivity contribution in [1.29, 1.82) is 0 Å². The molecule has 0 radical (unpaired) electrons. The second kappa shape index (κ2) is 11.5. The van der Waals surface area contributed by atoms with Crippen molar-refractivity contribution in [2.75, 3.05) is 4.90 Å². The Morgan fingerprint density at radius 2 is 1.10 bits per heavy atom. The van der Waals surface area contributed by atoms with E-state index in [-0.39, 0.29) is 5.41 Å². The molecule has 1 heterocycles. The van der Waals surface area contributed by atoms with Crippen LogP contribution in [0.3, 0.4) is 0 Å². The Morgan fingerprint density at radius 1 is 0.551 bits per heavy atom. The van der Waals surface area contributed by atoms with Crippen LogP contribution in [0.15, 0.2) is 146 Å². The normalized spacial score (nSPS) is 21.2. The summed E-state index contributed by atoms with van der Waals surface area (Å²) in [5.41, 5.74) is 10.5. The van der Waals surface area contributed by atoms with E-state index in [1.807, 2.05) is 0 Å². The molecule has 0 N–H and O–H groups in total. The minimum atomic E-state index is -0.679. The number of anilines is 2. The number of rotatable bonds is 6. The van der Waals surface area contributed by atoms with Crippen molar-refractivity contribution in [3.63, 3.8) is 0 Å². The van der Waals surface area contributed by atoms with Gasteiger partial charge >= 0.3 is 7.12 Å². The largest absolute Gasteiger partial charge is 0.490 e. The van der Waals surface area contributed by atoms with Gasteiger partial charge < -0.3 is 14.2 Å². The topological polar surface area (TPSA) is 21.7 Å². The molecule has 0 saturated carbocycles. The molecule has 0 spiro atoms. The first-order valence-corrected chi connectivity index (χ1v) is 17.5. The van der Waals surface area contributed by atoms with E-state index in [1.54, 1.807) is 0 Å². The fourth-order valence-corrected chi connectivity index (χ4v) is 7.88. The molecule has 2 aliphatic carbocycles. The minimum Gasteiger partial charge on any atom is -0.401 e. The lowest BCUT2D eigenvalue weighted by Crippen LogP contribution is -2.58. The molecule has 8 rings (SSSR count). The van der Waals surface area contributed by atoms with Crippen molar-refractivity contribution in [2.45, 2.75) is 70.0 Å². The fraction of sp³-hybridized carbons (Fsp3) is 0.244. The number of fused-ring (bicyclic) bond motifs is 3. The van der Waals surface area contributed by atoms with Crippen LogP contribution in [0.25, 0.3) is 27.8 Å². The molecular weight excluding hydrogens is 597 g/mol. The average molecular weight is 642 g/mol. The molecule has 0 amide bonds. The zero-order valence-corrected chi connectivity index (χ0v) is 29.4. The van der Waals surface area contributed by atoms with Gasteiger partial charge in [-0.15, -0.1) is 0 Å². The fourth-order valence-electron chi connectivity index (χ4n) is 7.88. The summed E-state index contributed by atoms with van der Waals surface area (Å²) in [5.74, 6) is 0. The second-order valence-electron chi connectivity index (χ2n) is 15.3. The number of hydrogen-bond acceptors (Lipinski definition) is 3. The monoisotopic (exact) mass is 641 g/mol. The van der Waals surface area contributed by atoms with Crippen LogP contribution in [-0.4, -0.2) is 23.8 Å². The molecule has 1 atom stereocenters. The Labute approximate surface area is 292 Å². The van der Waals surface area contributed by atoms with Crippen LogP contribution < -0.4 is 4.90 Å². The van der Waals surface area contributed by atoms with E-state index in [4.69, 9.17) is 9.31 Å². The maximum atomic E-state index is 7.00. The zero-order chi connectivity index (χ0) is 34.0. The van der Waals surface area contributed by atoms with Gasteiger partial charge in [0, 0.05) is 16.8 Å². The molecule has 4 heteroatoms. The minimum absolute atomic E-state index is 0.134. The summed E-state index contributed by atoms with van der Waals surface area (Å²) in [7, 11) is -0.533. The predicted molar refractivity (Wildman–Crippen MR) is 205 cm³/mol. The van der Waals surface area contributed by atoms with Gasteiger partial charge in [0.25, 0.3) is 0 Å². The summed E-state index contributed by atoms with van der Waals surface area (Å²) >= 11 is 0. The van der Waals surface area contributed by atoms with E-state index in [2.05, 4.69) is 192 Å². The summed E-state index contributed by atoms with van der Waals surface area (Å²) in [6.45, 7) is 13.3. The molecule has 0 bridgehead atoms. The standard InChI is InChI=1S/C45H44BNO2/c1-42(2)40-20-14-13-19-38(40)39-26-25-37(31-41(39)42)47(36-23-21-34(22-24-36)32-15-9-7-10-16-32)45(46-48-43(3,4)44(5,6)49-46)29-27-35(28-30-45)33-17-11-8-12-18-33/h7-29,31H,30H2,1-6H3. The van der Waals surface area contributed by atoms with Gasteiger partial charge in [-0.05, 0) is 103 Å². The van der Waals surface area contributed by atoms with Crippen LogP contribution in [0.1, 0.15) is 64.7 Å². The molecule has 0 aromatic heterocycles. The van der Waals surface area contributed by atoms with Crippen molar-refractivity contribution >= 4 is 24.1 Å². The van der Waals surface area contributed by atoms with Crippen LogP contribution in [-0.2, 0) is 14.7 Å². The van der Waals surface area contributed by atoms with Gasteiger partial charge in [-0.2, -0.15) is 0 Å². The zero-order valence-electron chi connectivity index (χ0n) is 29.4. The van der Waals surface area contributed by atoms with Crippen LogP contribution >= 0.6 is 0 Å². The quantitative estimate of drug-likeness (QED) is 0.172. The summed E-state index contributed by atoms with van der Waals surface area (Å²) in [6.07, 6.45) is 7.67. The maximum Gasteiger partial charge on any atom is 0.490 e. The lowest BCUT2D eigenvalue weighted by atomic mass is 9.58.